The van der Waals surface area contributed by atoms with Gasteiger partial charge in [-0.1, -0.05) is 0 Å². The van der Waals surface area contributed by atoms with Crippen LogP contribution in [0.3, 0.4) is 0 Å². The largest absolute Gasteiger partial charge is 1.00 e. The Morgan fingerprint density at radius 2 is 2.07 bits per heavy atom. The van der Waals surface area contributed by atoms with Crippen molar-refractivity contribution in [3.05, 3.63) is 0 Å². The van der Waals surface area contributed by atoms with Crippen LogP contribution < -0.4 is 35.3 Å². The average molecular weight is 246 g/mol. The van der Waals surface area contributed by atoms with E-state index in [2.05, 4.69) is 4.74 Å². The second kappa shape index (κ2) is 4.76. The first kappa shape index (κ1) is 14.8. The third-order valence-electron chi connectivity index (χ3n) is 1.57. The summed E-state index contributed by atoms with van der Waals surface area (Å²) in [4.78, 5) is 21.3. The summed E-state index contributed by atoms with van der Waals surface area (Å²) >= 11 is 0. The molecule has 1 heterocycles. The van der Waals surface area contributed by atoms with Gasteiger partial charge in [-0.2, -0.15) is 0 Å². The van der Waals surface area contributed by atoms with Gasteiger partial charge in [0.05, 0.1) is 0 Å². The molecule has 80 valence electrons. The molecule has 0 bridgehead atoms. The minimum atomic E-state index is -4.97. The van der Waals surface area contributed by atoms with E-state index in [4.69, 9.17) is 5.73 Å². The number of carbonyl (C=O) groups excluding carboxylic acids is 2. The van der Waals surface area contributed by atoms with Crippen LogP contribution in [0.2, 0.25) is 0 Å². The molecular formula is C5H7N2NaO6S. The summed E-state index contributed by atoms with van der Waals surface area (Å²) in [7, 11) is -4.97. The van der Waals surface area contributed by atoms with Crippen LogP contribution in [-0.4, -0.2) is 41.4 Å². The molecule has 2 N–H and O–H groups in total. The van der Waals surface area contributed by atoms with Crippen LogP contribution >= 0.6 is 0 Å². The van der Waals surface area contributed by atoms with Gasteiger partial charge in [0.15, 0.2) is 10.3 Å². The monoisotopic (exact) mass is 246 g/mol. The fourth-order valence-corrected chi connectivity index (χ4v) is 1.76. The molecule has 1 rings (SSSR count). The number of hydrogen-bond donors (Lipinski definition) is 1. The molecule has 15 heavy (non-hydrogen) atoms. The third kappa shape index (κ3) is 2.89. The zero-order chi connectivity index (χ0) is 11.1. The number of ether oxygens (including phenoxy) is 1. The van der Waals surface area contributed by atoms with Crippen LogP contribution in [0, 0.1) is 0 Å². The molecule has 0 spiro atoms. The molecule has 1 saturated heterocycles. The predicted molar refractivity (Wildman–Crippen MR) is 40.1 cm³/mol. The van der Waals surface area contributed by atoms with Crippen LogP contribution in [0.5, 0.6) is 0 Å². The number of carbonyl (C=O) groups is 2. The number of nitrogens with two attached hydrogens (primary N) is 1. The molecule has 0 aromatic rings. The first-order valence-corrected chi connectivity index (χ1v) is 4.83. The Morgan fingerprint density at radius 1 is 1.60 bits per heavy atom. The van der Waals surface area contributed by atoms with Gasteiger partial charge in [0.1, 0.15) is 6.04 Å². The Bertz CT molecular complexity index is 381. The summed E-state index contributed by atoms with van der Waals surface area (Å²) < 4.78 is 35.7. The fraction of sp³-hybridized carbons (Fsp3) is 0.600. The van der Waals surface area contributed by atoms with Crippen molar-refractivity contribution in [1.29, 1.82) is 0 Å². The number of nitrogens with zero attached hydrogens (tertiary/aromatic N) is 1. The maximum absolute atomic E-state index is 10.8. The van der Waals surface area contributed by atoms with Crippen molar-refractivity contribution in [2.75, 3.05) is 0 Å². The summed E-state index contributed by atoms with van der Waals surface area (Å²) in [6, 6.07) is -1.29. The van der Waals surface area contributed by atoms with Gasteiger partial charge in [-0.15, -0.1) is 0 Å². The second-order valence-corrected chi connectivity index (χ2v) is 3.87. The van der Waals surface area contributed by atoms with Crippen molar-refractivity contribution < 1.29 is 56.9 Å². The van der Waals surface area contributed by atoms with Crippen molar-refractivity contribution in [3.8, 4) is 0 Å². The van der Waals surface area contributed by atoms with E-state index in [-0.39, 0.29) is 33.9 Å². The molecule has 0 aromatic carbocycles. The van der Waals surface area contributed by atoms with Crippen molar-refractivity contribution in [2.24, 2.45) is 5.73 Å². The number of amides is 1. The van der Waals surface area contributed by atoms with Gasteiger partial charge in [0, 0.05) is 6.92 Å². The molecular weight excluding hydrogens is 239 g/mol. The minimum absolute atomic E-state index is 0. The van der Waals surface area contributed by atoms with E-state index in [0.29, 0.717) is 0 Å². The maximum atomic E-state index is 10.8. The van der Waals surface area contributed by atoms with Crippen molar-refractivity contribution in [1.82, 2.24) is 4.31 Å². The van der Waals surface area contributed by atoms with E-state index >= 15 is 0 Å². The molecule has 2 atom stereocenters. The summed E-state index contributed by atoms with van der Waals surface area (Å²) in [6.45, 7) is 1.01. The maximum Gasteiger partial charge on any atom is 1.00 e. The number of β-lactam (4-membered cyclic amide) rings is 1. The number of esters is 1. The molecule has 0 saturated carbocycles. The third-order valence-corrected chi connectivity index (χ3v) is 2.44. The summed E-state index contributed by atoms with van der Waals surface area (Å²) in [6.07, 6.45) is -1.51. The molecule has 8 nitrogen and oxygen atoms in total. The Morgan fingerprint density at radius 3 is 2.40 bits per heavy atom. The zero-order valence-corrected chi connectivity index (χ0v) is 10.9. The first-order chi connectivity index (χ1) is 6.25. The molecule has 1 fully saturated rings. The Labute approximate surface area is 108 Å². The Hall–Kier alpha value is -0.190. The Balaban J connectivity index is 0.00000196. The second-order valence-electron chi connectivity index (χ2n) is 2.62. The molecule has 0 unspecified atom stereocenters. The predicted octanol–water partition coefficient (Wildman–Crippen LogP) is -5.49. The molecule has 1 aliphatic heterocycles. The normalized spacial score (nSPS) is 25.3. The Kier molecular flexibility index (Phi) is 4.70. The average Bonchev–Trinajstić information content (AvgIpc) is 1.99. The van der Waals surface area contributed by atoms with Crippen LogP contribution in [0.1, 0.15) is 6.92 Å². The van der Waals surface area contributed by atoms with E-state index < -0.39 is 34.5 Å². The standard InChI is InChI=1S/C5H8N2O6S.Na/c1-2(8)13-5-3(6)4(9)7(5)14(10,11)12;/h3,5H,6H2,1H3,(H,10,11,12);/q;+1/p-1/t3-,5+;/m1./s1. The first-order valence-electron chi connectivity index (χ1n) is 3.47. The van der Waals surface area contributed by atoms with E-state index in [0.717, 1.165) is 6.92 Å². The van der Waals surface area contributed by atoms with E-state index in [1.54, 1.807) is 0 Å². The van der Waals surface area contributed by atoms with Crippen LogP contribution in [0.4, 0.5) is 0 Å². The van der Waals surface area contributed by atoms with Gasteiger partial charge in [-0.05, 0) is 0 Å². The van der Waals surface area contributed by atoms with E-state index in [9.17, 15) is 22.6 Å². The van der Waals surface area contributed by atoms with E-state index in [1.807, 2.05) is 0 Å². The molecule has 10 heteroatoms. The van der Waals surface area contributed by atoms with E-state index in [1.165, 1.54) is 0 Å². The molecule has 0 aliphatic carbocycles. The SMILES string of the molecule is CC(=O)O[C@H]1[C@H](N)C(=O)N1S(=O)(=O)[O-].[Na+]. The number of rotatable bonds is 2. The molecule has 1 amide bonds. The van der Waals surface area contributed by atoms with Crippen LogP contribution in [-0.2, 0) is 24.6 Å². The summed E-state index contributed by atoms with van der Waals surface area (Å²) in [5.74, 6) is -1.90. The van der Waals surface area contributed by atoms with Crippen molar-refractivity contribution in [3.63, 3.8) is 0 Å². The van der Waals surface area contributed by atoms with Crippen molar-refractivity contribution >= 4 is 22.2 Å². The van der Waals surface area contributed by atoms with Crippen LogP contribution in [0.25, 0.3) is 0 Å². The topological polar surface area (TPSA) is 130 Å². The summed E-state index contributed by atoms with van der Waals surface area (Å²) in [5.41, 5.74) is 5.13. The van der Waals surface area contributed by atoms with Crippen molar-refractivity contribution in [2.45, 2.75) is 19.2 Å². The van der Waals surface area contributed by atoms with Gasteiger partial charge in [0.25, 0.3) is 5.91 Å². The van der Waals surface area contributed by atoms with Gasteiger partial charge in [-0.25, -0.2) is 12.7 Å². The quantitative estimate of drug-likeness (QED) is 0.222. The van der Waals surface area contributed by atoms with Gasteiger partial charge < -0.3 is 15.0 Å². The van der Waals surface area contributed by atoms with Gasteiger partial charge in [0.2, 0.25) is 6.23 Å². The molecule has 0 aromatic heterocycles. The van der Waals surface area contributed by atoms with Crippen LogP contribution in [0.15, 0.2) is 0 Å². The smallest absolute Gasteiger partial charge is 0.731 e. The fourth-order valence-electron chi connectivity index (χ4n) is 0.987. The minimum Gasteiger partial charge on any atom is -0.731 e. The van der Waals surface area contributed by atoms with Gasteiger partial charge >= 0.3 is 35.5 Å². The summed E-state index contributed by atoms with van der Waals surface area (Å²) in [5, 5.41) is 0. The zero-order valence-electron chi connectivity index (χ0n) is 8.04. The molecule has 1 aliphatic rings. The molecule has 0 radical (unpaired) electrons. The number of hydrogen-bond acceptors (Lipinski definition) is 7. The van der Waals surface area contributed by atoms with Gasteiger partial charge in [-0.3, -0.25) is 9.59 Å².